The number of carbonyl (C=O) groups excluding carboxylic acids is 1. The van der Waals surface area contributed by atoms with Crippen LogP contribution in [0.5, 0.6) is 0 Å². The van der Waals surface area contributed by atoms with Gasteiger partial charge in [-0.3, -0.25) is 4.79 Å². The predicted octanol–water partition coefficient (Wildman–Crippen LogP) is 3.95. The SMILES string of the molecule is N#Cc1ccnc(N2C3CCC2CC(NC(=O)C2(c4ccc(Cl)cc4)CC2)C3)c1. The third-order valence-electron chi connectivity index (χ3n) is 6.79. The number of nitrogens with one attached hydrogen (secondary N) is 1. The molecule has 1 saturated carbocycles. The molecule has 2 saturated heterocycles. The summed E-state index contributed by atoms with van der Waals surface area (Å²) in [4.78, 5) is 20.0. The number of amides is 1. The monoisotopic (exact) mass is 406 g/mol. The van der Waals surface area contributed by atoms with Crippen LogP contribution in [0.4, 0.5) is 5.82 Å². The lowest BCUT2D eigenvalue weighted by Gasteiger charge is -2.40. The summed E-state index contributed by atoms with van der Waals surface area (Å²) in [6.07, 6.45) is 7.59. The molecule has 2 aromatic rings. The van der Waals surface area contributed by atoms with Gasteiger partial charge in [0.15, 0.2) is 0 Å². The standard InChI is InChI=1S/C23H23ClN4O/c24-17-3-1-16(2-4-17)23(8-9-23)22(29)27-18-12-19-5-6-20(13-18)28(19)21-11-15(14-25)7-10-26-21/h1-4,7,10-11,18-20H,5-6,8-9,12-13H2,(H,27,29). The van der Waals surface area contributed by atoms with Gasteiger partial charge in [-0.1, -0.05) is 23.7 Å². The van der Waals surface area contributed by atoms with E-state index in [-0.39, 0.29) is 17.4 Å². The zero-order valence-corrected chi connectivity index (χ0v) is 16.9. The summed E-state index contributed by atoms with van der Waals surface area (Å²) < 4.78 is 0. The summed E-state index contributed by atoms with van der Waals surface area (Å²) >= 11 is 6.01. The van der Waals surface area contributed by atoms with Crippen molar-refractivity contribution in [2.45, 2.75) is 62.1 Å². The van der Waals surface area contributed by atoms with E-state index < -0.39 is 0 Å². The Morgan fingerprint density at radius 1 is 1.17 bits per heavy atom. The highest BCUT2D eigenvalue weighted by Gasteiger charge is 2.52. The molecule has 2 atom stereocenters. The molecule has 148 valence electrons. The van der Waals surface area contributed by atoms with Gasteiger partial charge in [0, 0.05) is 29.3 Å². The summed E-state index contributed by atoms with van der Waals surface area (Å²) in [5.74, 6) is 1.04. The van der Waals surface area contributed by atoms with Crippen LogP contribution in [0.3, 0.4) is 0 Å². The lowest BCUT2D eigenvalue weighted by Crippen LogP contribution is -2.52. The Bertz CT molecular complexity index is 965. The van der Waals surface area contributed by atoms with Crippen LogP contribution in [0, 0.1) is 11.3 Å². The quantitative estimate of drug-likeness (QED) is 0.834. The molecule has 1 aromatic carbocycles. The molecular formula is C23H23ClN4O. The molecule has 1 aliphatic carbocycles. The van der Waals surface area contributed by atoms with Crippen molar-refractivity contribution in [3.05, 3.63) is 58.7 Å². The van der Waals surface area contributed by atoms with E-state index in [1.807, 2.05) is 30.3 Å². The van der Waals surface area contributed by atoms with Crippen molar-refractivity contribution in [2.24, 2.45) is 0 Å². The van der Waals surface area contributed by atoms with Gasteiger partial charge in [-0.2, -0.15) is 5.26 Å². The fraction of sp³-hybridized carbons (Fsp3) is 0.435. The molecule has 2 bridgehead atoms. The molecule has 0 spiro atoms. The van der Waals surface area contributed by atoms with E-state index in [2.05, 4.69) is 21.3 Å². The first kappa shape index (κ1) is 18.4. The van der Waals surface area contributed by atoms with E-state index in [4.69, 9.17) is 11.6 Å². The number of piperidine rings is 1. The number of nitriles is 1. The minimum Gasteiger partial charge on any atom is -0.352 e. The van der Waals surface area contributed by atoms with Gasteiger partial charge < -0.3 is 10.2 Å². The summed E-state index contributed by atoms with van der Waals surface area (Å²) in [6.45, 7) is 0. The molecule has 3 aliphatic rings. The fourth-order valence-corrected chi connectivity index (χ4v) is 5.29. The molecule has 29 heavy (non-hydrogen) atoms. The van der Waals surface area contributed by atoms with Crippen LogP contribution in [0.1, 0.15) is 49.7 Å². The van der Waals surface area contributed by atoms with Gasteiger partial charge in [0.05, 0.1) is 17.0 Å². The number of rotatable bonds is 4. The molecule has 3 fully saturated rings. The first-order valence-electron chi connectivity index (χ1n) is 10.3. The fourth-order valence-electron chi connectivity index (χ4n) is 5.16. The van der Waals surface area contributed by atoms with Gasteiger partial charge in [0.1, 0.15) is 5.82 Å². The number of halogens is 1. The van der Waals surface area contributed by atoms with Crippen LogP contribution in [0.25, 0.3) is 0 Å². The van der Waals surface area contributed by atoms with E-state index in [1.165, 1.54) is 0 Å². The maximum atomic E-state index is 13.1. The number of carbonyl (C=O) groups is 1. The van der Waals surface area contributed by atoms with Crippen molar-refractivity contribution in [1.82, 2.24) is 10.3 Å². The minimum atomic E-state index is -0.372. The third kappa shape index (κ3) is 3.26. The number of fused-ring (bicyclic) bond motifs is 2. The van der Waals surface area contributed by atoms with Gasteiger partial charge in [0.2, 0.25) is 5.91 Å². The number of pyridine rings is 1. The van der Waals surface area contributed by atoms with Crippen LogP contribution in [0.15, 0.2) is 42.6 Å². The van der Waals surface area contributed by atoms with Crippen LogP contribution in [0.2, 0.25) is 5.02 Å². The van der Waals surface area contributed by atoms with Gasteiger partial charge in [0.25, 0.3) is 0 Å². The van der Waals surface area contributed by atoms with Crippen LogP contribution < -0.4 is 10.2 Å². The summed E-state index contributed by atoms with van der Waals surface area (Å²) in [7, 11) is 0. The second-order valence-corrected chi connectivity index (χ2v) is 8.97. The second kappa shape index (κ2) is 7.03. The van der Waals surface area contributed by atoms with Gasteiger partial charge >= 0.3 is 0 Å². The molecular weight excluding hydrogens is 384 g/mol. The first-order valence-corrected chi connectivity index (χ1v) is 10.7. The number of hydrogen-bond donors (Lipinski definition) is 1. The van der Waals surface area contributed by atoms with Crippen molar-refractivity contribution >= 4 is 23.3 Å². The van der Waals surface area contributed by atoms with Crippen molar-refractivity contribution < 1.29 is 4.79 Å². The van der Waals surface area contributed by atoms with Gasteiger partial charge in [-0.05, 0) is 68.4 Å². The maximum Gasteiger partial charge on any atom is 0.230 e. The van der Waals surface area contributed by atoms with E-state index >= 15 is 0 Å². The largest absolute Gasteiger partial charge is 0.352 e. The highest BCUT2D eigenvalue weighted by atomic mass is 35.5. The highest BCUT2D eigenvalue weighted by molar-refractivity contribution is 6.30. The Morgan fingerprint density at radius 2 is 1.86 bits per heavy atom. The molecule has 6 heteroatoms. The van der Waals surface area contributed by atoms with E-state index in [0.717, 1.165) is 49.9 Å². The van der Waals surface area contributed by atoms with Crippen molar-refractivity contribution in [3.8, 4) is 6.07 Å². The molecule has 0 radical (unpaired) electrons. The van der Waals surface area contributed by atoms with Crippen molar-refractivity contribution in [1.29, 1.82) is 5.26 Å². The average Bonchev–Trinajstić information content (AvgIpc) is 3.50. The average molecular weight is 407 g/mol. The molecule has 1 amide bonds. The van der Waals surface area contributed by atoms with E-state index in [9.17, 15) is 10.1 Å². The second-order valence-electron chi connectivity index (χ2n) is 8.54. The van der Waals surface area contributed by atoms with Crippen LogP contribution >= 0.6 is 11.6 Å². The Balaban J connectivity index is 1.29. The zero-order chi connectivity index (χ0) is 20.0. The molecule has 2 unspecified atom stereocenters. The topological polar surface area (TPSA) is 69.0 Å². The molecule has 2 aliphatic heterocycles. The molecule has 3 heterocycles. The molecule has 1 aromatic heterocycles. The Hall–Kier alpha value is -2.58. The van der Waals surface area contributed by atoms with Gasteiger partial charge in [-0.15, -0.1) is 0 Å². The van der Waals surface area contributed by atoms with Crippen LogP contribution in [-0.4, -0.2) is 29.0 Å². The van der Waals surface area contributed by atoms with E-state index in [1.54, 1.807) is 12.3 Å². The van der Waals surface area contributed by atoms with Crippen LogP contribution in [-0.2, 0) is 10.2 Å². The Labute approximate surface area is 175 Å². The Morgan fingerprint density at radius 3 is 2.48 bits per heavy atom. The number of anilines is 1. The first-order chi connectivity index (χ1) is 14.1. The van der Waals surface area contributed by atoms with Crippen molar-refractivity contribution in [3.63, 3.8) is 0 Å². The summed E-state index contributed by atoms with van der Waals surface area (Å²) in [6, 6.07) is 14.4. The molecule has 5 nitrogen and oxygen atoms in total. The smallest absolute Gasteiger partial charge is 0.230 e. The van der Waals surface area contributed by atoms with Gasteiger partial charge in [-0.25, -0.2) is 4.98 Å². The third-order valence-corrected chi connectivity index (χ3v) is 7.04. The number of hydrogen-bond acceptors (Lipinski definition) is 4. The zero-order valence-electron chi connectivity index (χ0n) is 16.1. The lowest BCUT2D eigenvalue weighted by atomic mass is 9.92. The molecule has 5 rings (SSSR count). The lowest BCUT2D eigenvalue weighted by molar-refractivity contribution is -0.124. The highest BCUT2D eigenvalue weighted by Crippen LogP contribution is 2.49. The van der Waals surface area contributed by atoms with Crippen molar-refractivity contribution in [2.75, 3.05) is 4.90 Å². The predicted molar refractivity (Wildman–Crippen MR) is 112 cm³/mol. The number of aromatic nitrogens is 1. The number of benzene rings is 1. The minimum absolute atomic E-state index is 0.155. The number of nitrogens with zero attached hydrogens (tertiary/aromatic N) is 3. The summed E-state index contributed by atoms with van der Waals surface area (Å²) in [5.41, 5.74) is 1.34. The maximum absolute atomic E-state index is 13.1. The normalized spacial score (nSPS) is 26.6. The van der Waals surface area contributed by atoms with E-state index in [0.29, 0.717) is 22.7 Å². The summed E-state index contributed by atoms with van der Waals surface area (Å²) in [5, 5.41) is 13.2. The Kier molecular flexibility index (Phi) is 4.48. The molecule has 1 N–H and O–H groups in total.